The zero-order valence-electron chi connectivity index (χ0n) is 35.4. The van der Waals surface area contributed by atoms with Crippen LogP contribution in [0.2, 0.25) is 0 Å². The van der Waals surface area contributed by atoms with Crippen LogP contribution in [0.1, 0.15) is 133 Å². The van der Waals surface area contributed by atoms with E-state index in [0.29, 0.717) is 30.6 Å². The van der Waals surface area contributed by atoms with Crippen LogP contribution in [0.4, 0.5) is 0 Å². The van der Waals surface area contributed by atoms with Gasteiger partial charge in [0.1, 0.15) is 6.79 Å². The average Bonchev–Trinajstić information content (AvgIpc) is 3.73. The molecule has 0 spiro atoms. The van der Waals surface area contributed by atoms with Gasteiger partial charge in [-0.25, -0.2) is 0 Å². The van der Waals surface area contributed by atoms with Crippen molar-refractivity contribution in [2.24, 2.45) is 68.0 Å². The topological polar surface area (TPSA) is 91.3 Å². The first-order valence-electron chi connectivity index (χ1n) is 20.7. The molecule has 16 atom stereocenters. The Labute approximate surface area is 322 Å². The summed E-state index contributed by atoms with van der Waals surface area (Å²) in [5.74, 6) is 14.4. The Balaban J connectivity index is 0.000000206. The van der Waals surface area contributed by atoms with Crippen LogP contribution in [0.5, 0.6) is 0 Å². The van der Waals surface area contributed by atoms with Crippen LogP contribution in [-0.4, -0.2) is 69.2 Å². The zero-order chi connectivity index (χ0) is 39.4. The highest BCUT2D eigenvalue weighted by Gasteiger charge is 2.69. The second-order valence-electron chi connectivity index (χ2n) is 19.2. The van der Waals surface area contributed by atoms with Crippen LogP contribution in [0, 0.1) is 91.7 Å². The molecular weight excluding hydrogens is 664 g/mol. The Hall–Kier alpha value is -1.74. The number of methoxy groups -OCH3 is 3. The number of carbonyl (C=O) groups is 2. The van der Waals surface area contributed by atoms with E-state index in [2.05, 4.69) is 65.2 Å². The molecule has 0 aromatic carbocycles. The van der Waals surface area contributed by atoms with Crippen molar-refractivity contribution < 1.29 is 33.6 Å². The number of hydrogen-bond donors (Lipinski definition) is 1. The molecular formula is C46H72O7. The summed E-state index contributed by atoms with van der Waals surface area (Å²) in [6.45, 7) is 21.4. The fraction of sp³-hybridized carbons (Fsp3) is 0.870. The van der Waals surface area contributed by atoms with Crippen molar-refractivity contribution in [3.8, 4) is 23.7 Å². The van der Waals surface area contributed by atoms with Gasteiger partial charge in [-0.05, 0) is 126 Å². The van der Waals surface area contributed by atoms with Crippen LogP contribution in [-0.2, 0) is 28.5 Å². The molecule has 7 nitrogen and oxygen atoms in total. The third-order valence-corrected chi connectivity index (χ3v) is 17.3. The van der Waals surface area contributed by atoms with Gasteiger partial charge in [-0.3, -0.25) is 9.59 Å². The number of ketones is 2. The molecule has 4 bridgehead atoms. The highest BCUT2D eigenvalue weighted by atomic mass is 16.7. The van der Waals surface area contributed by atoms with Gasteiger partial charge in [0, 0.05) is 44.0 Å². The van der Waals surface area contributed by atoms with Gasteiger partial charge in [0.25, 0.3) is 0 Å². The highest BCUT2D eigenvalue weighted by molar-refractivity contribution is 5.91. The van der Waals surface area contributed by atoms with Gasteiger partial charge in [0.15, 0.2) is 11.6 Å². The van der Waals surface area contributed by atoms with Gasteiger partial charge in [0.2, 0.25) is 0 Å². The lowest BCUT2D eigenvalue weighted by atomic mass is 9.44. The summed E-state index contributed by atoms with van der Waals surface area (Å²) in [5, 5.41) is 11.4. The minimum absolute atomic E-state index is 0.0151. The molecule has 0 radical (unpaired) electrons. The summed E-state index contributed by atoms with van der Waals surface area (Å²) >= 11 is 0. The summed E-state index contributed by atoms with van der Waals surface area (Å²) in [7, 11) is 5.28. The van der Waals surface area contributed by atoms with Crippen LogP contribution >= 0.6 is 0 Å². The first-order valence-corrected chi connectivity index (χ1v) is 20.7. The molecule has 6 fully saturated rings. The smallest absolute Gasteiger partial charge is 0.154 e. The Bertz CT molecular complexity index is 1500. The Morgan fingerprint density at radius 2 is 1.08 bits per heavy atom. The molecule has 6 aliphatic carbocycles. The molecule has 0 heterocycles. The van der Waals surface area contributed by atoms with E-state index in [4.69, 9.17) is 18.9 Å². The monoisotopic (exact) mass is 737 g/mol. The molecule has 4 unspecified atom stereocenters. The van der Waals surface area contributed by atoms with Crippen molar-refractivity contribution in [3.05, 3.63) is 0 Å². The normalized spacial score (nSPS) is 50.3. The molecule has 0 amide bonds. The SMILES string of the molecule is CC#C[C@]1(C)C[C@@H](O)[C@@]2(C)C3[C@H](OC)CCC3(CC[C@H]2C)[C@@H](C)C1=O.CC#C[C@]1(C)C[C@@H](OCOC)[C@@]2(C)C3[C@H](OC)CCC3(CC[C@H]2C)[C@@H](C)C1=O. The number of ether oxygens (including phenoxy) is 4. The molecule has 6 rings (SSSR count). The summed E-state index contributed by atoms with van der Waals surface area (Å²) in [4.78, 5) is 27.3. The third kappa shape index (κ3) is 6.30. The second-order valence-corrected chi connectivity index (χ2v) is 19.2. The quantitative estimate of drug-likeness (QED) is 0.224. The van der Waals surface area contributed by atoms with E-state index in [1.54, 1.807) is 21.1 Å². The maximum atomic E-state index is 13.8. The molecule has 0 saturated heterocycles. The van der Waals surface area contributed by atoms with Crippen molar-refractivity contribution in [2.75, 3.05) is 28.1 Å². The summed E-state index contributed by atoms with van der Waals surface area (Å²) in [6.07, 6.45) is 9.18. The predicted octanol–water partition coefficient (Wildman–Crippen LogP) is 8.30. The fourth-order valence-electron chi connectivity index (χ4n) is 14.0. The van der Waals surface area contributed by atoms with Crippen LogP contribution < -0.4 is 0 Å². The van der Waals surface area contributed by atoms with E-state index < -0.39 is 16.9 Å². The van der Waals surface area contributed by atoms with Gasteiger partial charge in [-0.15, -0.1) is 11.8 Å². The highest BCUT2D eigenvalue weighted by Crippen LogP contribution is 2.70. The van der Waals surface area contributed by atoms with E-state index in [1.807, 2.05) is 27.9 Å². The molecule has 6 aliphatic rings. The van der Waals surface area contributed by atoms with Crippen molar-refractivity contribution in [1.82, 2.24) is 0 Å². The van der Waals surface area contributed by atoms with Crippen molar-refractivity contribution in [3.63, 3.8) is 0 Å². The van der Waals surface area contributed by atoms with E-state index in [9.17, 15) is 14.7 Å². The average molecular weight is 737 g/mol. The molecule has 7 heteroatoms. The lowest BCUT2D eigenvalue weighted by Gasteiger charge is -2.61. The van der Waals surface area contributed by atoms with Gasteiger partial charge < -0.3 is 24.1 Å². The second kappa shape index (κ2) is 15.3. The maximum Gasteiger partial charge on any atom is 0.154 e. The number of carbonyl (C=O) groups excluding carboxylic acids is 2. The number of aliphatic hydroxyl groups is 1. The summed E-state index contributed by atoms with van der Waals surface area (Å²) in [5.41, 5.74) is -1.84. The van der Waals surface area contributed by atoms with Crippen LogP contribution in [0.15, 0.2) is 0 Å². The molecule has 6 saturated carbocycles. The van der Waals surface area contributed by atoms with Gasteiger partial charge in [0.05, 0.1) is 35.2 Å². The van der Waals surface area contributed by atoms with Crippen molar-refractivity contribution in [1.29, 1.82) is 0 Å². The predicted molar refractivity (Wildman–Crippen MR) is 208 cm³/mol. The number of aliphatic hydroxyl groups excluding tert-OH is 1. The summed E-state index contributed by atoms with van der Waals surface area (Å²) < 4.78 is 23.6. The lowest BCUT2D eigenvalue weighted by Crippen LogP contribution is -2.62. The number of Topliss-reactive ketones (excluding diaryl/α,β-unsaturated/α-hetero) is 2. The van der Waals surface area contributed by atoms with E-state index in [1.165, 1.54) is 0 Å². The first-order chi connectivity index (χ1) is 24.9. The third-order valence-electron chi connectivity index (χ3n) is 17.3. The minimum atomic E-state index is -0.755. The lowest BCUT2D eigenvalue weighted by molar-refractivity contribution is -0.216. The number of hydrogen-bond acceptors (Lipinski definition) is 7. The fourth-order valence-corrected chi connectivity index (χ4v) is 14.0. The first kappa shape index (κ1) is 42.4. The van der Waals surface area contributed by atoms with Gasteiger partial charge >= 0.3 is 0 Å². The van der Waals surface area contributed by atoms with Crippen LogP contribution in [0.25, 0.3) is 0 Å². The Kier molecular flexibility index (Phi) is 12.2. The molecule has 1 N–H and O–H groups in total. The van der Waals surface area contributed by atoms with Gasteiger partial charge in [-0.2, -0.15) is 0 Å². The van der Waals surface area contributed by atoms with Gasteiger partial charge in [-0.1, -0.05) is 53.4 Å². The van der Waals surface area contributed by atoms with Crippen molar-refractivity contribution in [2.45, 2.75) is 158 Å². The maximum absolute atomic E-state index is 13.8. The molecule has 0 aliphatic heterocycles. The Morgan fingerprint density at radius 3 is 1.51 bits per heavy atom. The minimum Gasteiger partial charge on any atom is -0.392 e. The van der Waals surface area contributed by atoms with Crippen LogP contribution in [0.3, 0.4) is 0 Å². The molecule has 53 heavy (non-hydrogen) atoms. The van der Waals surface area contributed by atoms with E-state index >= 15 is 0 Å². The number of rotatable bonds is 5. The van der Waals surface area contributed by atoms with E-state index in [-0.39, 0.29) is 76.1 Å². The zero-order valence-corrected chi connectivity index (χ0v) is 35.4. The van der Waals surface area contributed by atoms with Crippen molar-refractivity contribution >= 4 is 11.6 Å². The van der Waals surface area contributed by atoms with E-state index in [0.717, 1.165) is 51.4 Å². The largest absolute Gasteiger partial charge is 0.392 e. The Morgan fingerprint density at radius 1 is 0.660 bits per heavy atom. The molecule has 298 valence electrons. The molecule has 0 aromatic rings. The summed E-state index contributed by atoms with van der Waals surface area (Å²) in [6, 6.07) is 0. The standard InChI is InChI=1S/C24H38O4.C22H34O3/c1-8-11-22(4)14-19(28-15-26-6)23(5)16(2)9-12-24(17(3)21(22)25)13-10-18(27-7)20(23)24;1-7-10-20(4)13-17(23)21(5)14(2)8-11-22(15(3)19(20)24)12-9-16(25-6)18(21)22/h16-20H,9-10,12-15H2,1-7H3;14-18,23H,8-9,11-13H2,1-6H3/t16-,17+,18-,19-,20?,22-,23+,24?;14-,15+,16-,17-,18?,20-,21+,22?/m11/s1. The molecule has 0 aromatic heterocycles.